The lowest BCUT2D eigenvalue weighted by atomic mass is 10.2. The molecule has 1 aromatic carbocycles. The van der Waals surface area contributed by atoms with Crippen LogP contribution in [0.15, 0.2) is 41.3 Å². The second-order valence-electron chi connectivity index (χ2n) is 10.1. The van der Waals surface area contributed by atoms with Crippen molar-refractivity contribution >= 4 is 44.9 Å². The quantitative estimate of drug-likeness (QED) is 0.318. The fourth-order valence-electron chi connectivity index (χ4n) is 5.46. The maximum Gasteiger partial charge on any atom is 0.225 e. The Bertz CT molecular complexity index is 1740. The van der Waals surface area contributed by atoms with Gasteiger partial charge in [0.05, 0.1) is 24.0 Å². The van der Waals surface area contributed by atoms with Gasteiger partial charge in [0.1, 0.15) is 11.6 Å². The molecule has 0 aliphatic carbocycles. The van der Waals surface area contributed by atoms with Crippen LogP contribution in [0.3, 0.4) is 0 Å². The molecule has 5 aromatic rings. The van der Waals surface area contributed by atoms with Gasteiger partial charge in [-0.15, -0.1) is 5.10 Å². The van der Waals surface area contributed by atoms with E-state index in [-0.39, 0.29) is 5.95 Å². The molecule has 7 rings (SSSR count). The van der Waals surface area contributed by atoms with Crippen molar-refractivity contribution in [1.82, 2.24) is 34.0 Å². The van der Waals surface area contributed by atoms with Crippen molar-refractivity contribution in [2.75, 3.05) is 72.9 Å². The van der Waals surface area contributed by atoms with Gasteiger partial charge in [0.25, 0.3) is 0 Å². The van der Waals surface area contributed by atoms with E-state index in [4.69, 9.17) is 10.2 Å². The highest BCUT2D eigenvalue weighted by molar-refractivity contribution is 7.85. The van der Waals surface area contributed by atoms with E-state index in [1.807, 2.05) is 14.4 Å². The summed E-state index contributed by atoms with van der Waals surface area (Å²) in [5.41, 5.74) is 8.70. The van der Waals surface area contributed by atoms with Gasteiger partial charge in [0.15, 0.2) is 22.6 Å². The molecule has 4 aromatic heterocycles. The highest BCUT2D eigenvalue weighted by atomic mass is 32.2. The van der Waals surface area contributed by atoms with Crippen LogP contribution in [0.4, 0.5) is 26.1 Å². The van der Waals surface area contributed by atoms with E-state index in [1.54, 1.807) is 30.8 Å². The number of anilines is 3. The minimum atomic E-state index is -0.874. The second-order valence-corrected chi connectivity index (χ2v) is 11.8. The summed E-state index contributed by atoms with van der Waals surface area (Å²) in [6.45, 7) is 5.02. The van der Waals surface area contributed by atoms with Crippen molar-refractivity contribution in [3.63, 3.8) is 0 Å². The molecule has 0 spiro atoms. The number of halogens is 2. The summed E-state index contributed by atoms with van der Waals surface area (Å²) < 4.78 is 50.0. The molecule has 2 aliphatic heterocycles. The van der Waals surface area contributed by atoms with E-state index in [0.717, 1.165) is 25.7 Å². The molecule has 12 nitrogen and oxygen atoms in total. The minimum absolute atomic E-state index is 0.201. The highest BCUT2D eigenvalue weighted by Gasteiger charge is 2.25. The summed E-state index contributed by atoms with van der Waals surface area (Å²) in [7, 11) is -0.874. The molecule has 0 bridgehead atoms. The average molecular weight is 583 g/mol. The molecule has 15 heteroatoms. The van der Waals surface area contributed by atoms with Crippen LogP contribution in [0, 0.1) is 11.6 Å². The molecule has 2 fully saturated rings. The van der Waals surface area contributed by atoms with Crippen LogP contribution in [-0.4, -0.2) is 95.6 Å². The molecular weight excluding hydrogens is 554 g/mol. The van der Waals surface area contributed by atoms with E-state index in [0.29, 0.717) is 84.0 Å². The van der Waals surface area contributed by atoms with Crippen LogP contribution >= 0.6 is 0 Å². The molecule has 2 saturated heterocycles. The third kappa shape index (κ3) is 4.78. The van der Waals surface area contributed by atoms with Crippen molar-refractivity contribution in [3.05, 3.63) is 48.5 Å². The number of rotatable bonds is 6. The molecule has 0 atom stereocenters. The molecule has 2 aliphatic rings. The van der Waals surface area contributed by atoms with E-state index in [1.165, 1.54) is 4.52 Å². The van der Waals surface area contributed by atoms with Crippen LogP contribution < -0.4 is 15.5 Å². The van der Waals surface area contributed by atoms with Crippen LogP contribution in [0.5, 0.6) is 0 Å². The number of hydrogen-bond acceptors (Lipinski definition) is 10. The Morgan fingerprint density at radius 2 is 1.66 bits per heavy atom. The zero-order valence-electron chi connectivity index (χ0n) is 22.1. The third-order valence-electron chi connectivity index (χ3n) is 7.71. The first-order chi connectivity index (χ1) is 19.9. The van der Waals surface area contributed by atoms with Crippen LogP contribution in [0.2, 0.25) is 0 Å². The fourth-order valence-corrected chi connectivity index (χ4v) is 6.51. The number of furan rings is 1. The standard InChI is InChI=1S/C26H28F2N10O2S/c27-17-14-18(28)20(36-9-12-41(39)13-10-36)15-19(17)35-6-3-34(4-7-35)5-8-37-16-30-22-24(37)32-26(29)38-25(22)31-23(33-38)21-2-1-11-40-21/h1-2,11,14-16H,3-10,12-13H2,(H2,29,32). The lowest BCUT2D eigenvalue weighted by molar-refractivity contribution is 0.248. The molecule has 6 heterocycles. The topological polar surface area (TPSA) is 127 Å². The van der Waals surface area contributed by atoms with E-state index < -0.39 is 22.4 Å². The predicted molar refractivity (Wildman–Crippen MR) is 151 cm³/mol. The van der Waals surface area contributed by atoms with Gasteiger partial charge in [0.2, 0.25) is 11.8 Å². The zero-order valence-corrected chi connectivity index (χ0v) is 22.9. The number of piperazine rings is 1. The predicted octanol–water partition coefficient (Wildman–Crippen LogP) is 1.99. The summed E-state index contributed by atoms with van der Waals surface area (Å²) in [6.07, 6.45) is 3.28. The van der Waals surface area contributed by atoms with Gasteiger partial charge in [-0.2, -0.15) is 9.50 Å². The zero-order chi connectivity index (χ0) is 28.1. The second kappa shape index (κ2) is 10.4. The number of benzene rings is 1. The fraction of sp³-hybridized carbons (Fsp3) is 0.385. The maximum absolute atomic E-state index is 14.8. The number of imidazole rings is 1. The van der Waals surface area contributed by atoms with Crippen molar-refractivity contribution in [1.29, 1.82) is 0 Å². The maximum atomic E-state index is 14.8. The molecule has 41 heavy (non-hydrogen) atoms. The van der Waals surface area contributed by atoms with Gasteiger partial charge < -0.3 is 24.5 Å². The lowest BCUT2D eigenvalue weighted by Crippen LogP contribution is -2.47. The van der Waals surface area contributed by atoms with Gasteiger partial charge in [-0.3, -0.25) is 9.11 Å². The first-order valence-corrected chi connectivity index (χ1v) is 14.9. The van der Waals surface area contributed by atoms with Crippen molar-refractivity contribution < 1.29 is 17.4 Å². The highest BCUT2D eigenvalue weighted by Crippen LogP contribution is 2.31. The number of nitrogens with zero attached hydrogens (tertiary/aromatic N) is 9. The van der Waals surface area contributed by atoms with Gasteiger partial charge in [-0.05, 0) is 18.2 Å². The number of nitrogens with two attached hydrogens (primary N) is 1. The number of hydrogen-bond donors (Lipinski definition) is 1. The number of aromatic nitrogens is 6. The van der Waals surface area contributed by atoms with E-state index >= 15 is 0 Å². The molecule has 0 saturated carbocycles. The van der Waals surface area contributed by atoms with E-state index in [2.05, 4.69) is 25.0 Å². The normalized spacial score (nSPS) is 17.3. The first-order valence-electron chi connectivity index (χ1n) is 13.4. The SMILES string of the molecule is Nc1nc2c(ncn2CCN2CCN(c3cc(N4CCS(=O)CC4)c(F)cc3F)CC2)c2nc(-c3ccco3)nn12. The Morgan fingerprint density at radius 1 is 0.927 bits per heavy atom. The monoisotopic (exact) mass is 582 g/mol. The molecule has 2 N–H and O–H groups in total. The van der Waals surface area contributed by atoms with Crippen molar-refractivity contribution in [3.8, 4) is 11.6 Å². The van der Waals surface area contributed by atoms with Gasteiger partial charge in [-0.1, -0.05) is 0 Å². The van der Waals surface area contributed by atoms with Gasteiger partial charge in [-0.25, -0.2) is 18.7 Å². The lowest BCUT2D eigenvalue weighted by Gasteiger charge is -2.37. The smallest absolute Gasteiger partial charge is 0.225 e. The molecule has 0 unspecified atom stereocenters. The van der Waals surface area contributed by atoms with Crippen LogP contribution in [-0.2, 0) is 17.3 Å². The van der Waals surface area contributed by atoms with Gasteiger partial charge in [0, 0.05) is 80.7 Å². The Balaban J connectivity index is 1.03. The summed E-state index contributed by atoms with van der Waals surface area (Å²) in [5, 5.41) is 4.41. The summed E-state index contributed by atoms with van der Waals surface area (Å²) in [4.78, 5) is 19.7. The number of nitrogen functional groups attached to an aromatic ring is 1. The minimum Gasteiger partial charge on any atom is -0.461 e. The van der Waals surface area contributed by atoms with Crippen molar-refractivity contribution in [2.45, 2.75) is 6.54 Å². The molecule has 0 amide bonds. The Hall–Kier alpha value is -4.11. The molecule has 214 valence electrons. The Morgan fingerprint density at radius 3 is 2.37 bits per heavy atom. The summed E-state index contributed by atoms with van der Waals surface area (Å²) in [6, 6.07) is 6.11. The van der Waals surface area contributed by atoms with Crippen molar-refractivity contribution in [2.24, 2.45) is 0 Å². The molecule has 0 radical (unpaired) electrons. The largest absolute Gasteiger partial charge is 0.461 e. The Kier molecular flexibility index (Phi) is 6.54. The molecular formula is C26H28F2N10O2S. The average Bonchev–Trinajstić information content (AvgIpc) is 3.73. The number of fused-ring (bicyclic) bond motifs is 3. The van der Waals surface area contributed by atoms with E-state index in [9.17, 15) is 13.0 Å². The first kappa shape index (κ1) is 25.8. The Labute approximate surface area is 235 Å². The summed E-state index contributed by atoms with van der Waals surface area (Å²) in [5.74, 6) is 0.973. The third-order valence-corrected chi connectivity index (χ3v) is 8.99. The van der Waals surface area contributed by atoms with Crippen LogP contribution in [0.25, 0.3) is 28.4 Å². The van der Waals surface area contributed by atoms with Crippen LogP contribution in [0.1, 0.15) is 0 Å². The summed E-state index contributed by atoms with van der Waals surface area (Å²) >= 11 is 0. The van der Waals surface area contributed by atoms with Gasteiger partial charge >= 0.3 is 0 Å².